The van der Waals surface area contributed by atoms with Gasteiger partial charge < -0.3 is 4.42 Å². The molecule has 1 heteroatoms. The Bertz CT molecular complexity index is 2430. The second-order valence-electron chi connectivity index (χ2n) is 7.98. The van der Waals surface area contributed by atoms with Crippen LogP contribution in [0.25, 0.3) is 66.1 Å². The van der Waals surface area contributed by atoms with Crippen molar-refractivity contribution in [3.05, 3.63) is 133 Å². The smallest absolute Gasteiger partial charge is 0.135 e. The number of rotatable bonds is 3. The lowest BCUT2D eigenvalue weighted by Gasteiger charge is -2.17. The lowest BCUT2D eigenvalue weighted by atomic mass is 9.86. The van der Waals surface area contributed by atoms with Gasteiger partial charge in [-0.05, 0) is 62.0 Å². The van der Waals surface area contributed by atoms with E-state index in [1.165, 1.54) is 0 Å². The van der Waals surface area contributed by atoms with Crippen molar-refractivity contribution >= 4 is 32.5 Å². The van der Waals surface area contributed by atoms with Crippen LogP contribution in [0.15, 0.2) is 138 Å². The summed E-state index contributed by atoms with van der Waals surface area (Å²) in [5.74, 6) is 0.567. The standard InChI is InChI=1S/C34H22O/c1-3-11-23(12-4-1)32-22-26-21-25(19-20-31(26)35-32)34-29-17-9-7-15-27(29)33(24-13-5-2-6-14-24)28-16-8-10-18-30(28)34/h1-22H/i2D,5D,6D,7D,8D,9D,10D,13D,14D,15D,16D,17D,18D. The van der Waals surface area contributed by atoms with Gasteiger partial charge in [0.1, 0.15) is 11.3 Å². The molecule has 0 bridgehead atoms. The minimum Gasteiger partial charge on any atom is -0.456 e. The van der Waals surface area contributed by atoms with Crippen LogP contribution in [0, 0.1) is 0 Å². The van der Waals surface area contributed by atoms with Gasteiger partial charge in [0.2, 0.25) is 0 Å². The molecule has 1 heterocycles. The molecule has 0 amide bonds. The largest absolute Gasteiger partial charge is 0.456 e. The summed E-state index contributed by atoms with van der Waals surface area (Å²) in [6.07, 6.45) is 0. The van der Waals surface area contributed by atoms with E-state index in [2.05, 4.69) is 0 Å². The number of benzene rings is 6. The van der Waals surface area contributed by atoms with Crippen molar-refractivity contribution in [2.24, 2.45) is 0 Å². The van der Waals surface area contributed by atoms with Crippen molar-refractivity contribution in [3.8, 4) is 33.6 Å². The Morgan fingerprint density at radius 3 is 1.69 bits per heavy atom. The monoisotopic (exact) mass is 459 g/mol. The van der Waals surface area contributed by atoms with Crippen LogP contribution >= 0.6 is 0 Å². The molecule has 7 rings (SSSR count). The zero-order chi connectivity index (χ0) is 34.5. The molecule has 0 radical (unpaired) electrons. The summed E-state index contributed by atoms with van der Waals surface area (Å²) in [5, 5.41) is -0.143. The van der Waals surface area contributed by atoms with Gasteiger partial charge in [-0.1, -0.05) is 115 Å². The van der Waals surface area contributed by atoms with Crippen LogP contribution in [0.1, 0.15) is 17.8 Å². The highest BCUT2D eigenvalue weighted by atomic mass is 16.3. The summed E-state index contributed by atoms with van der Waals surface area (Å²) in [6, 6.07) is 7.85. The average molecular weight is 460 g/mol. The molecule has 0 aliphatic rings. The molecule has 7 aromatic rings. The Hall–Kier alpha value is -4.62. The SMILES string of the molecule is [2H]c1c([2H])c([2H])c(-c2c3c([2H])c([2H])c([2H])c([2H])c3c(-c3ccc4oc(-c5ccccc5)cc4c3)c3c([2H])c([2H])c([2H])c([2H])c23)c([2H])c1[2H]. The summed E-state index contributed by atoms with van der Waals surface area (Å²) in [6.45, 7) is 0. The highest BCUT2D eigenvalue weighted by Crippen LogP contribution is 2.44. The maximum absolute atomic E-state index is 9.08. The van der Waals surface area contributed by atoms with Crippen LogP contribution in [-0.2, 0) is 0 Å². The van der Waals surface area contributed by atoms with Gasteiger partial charge in [-0.15, -0.1) is 0 Å². The van der Waals surface area contributed by atoms with E-state index in [1.807, 2.05) is 30.3 Å². The first kappa shape index (κ1) is 10.8. The molecule has 0 saturated carbocycles. The van der Waals surface area contributed by atoms with Crippen molar-refractivity contribution in [2.45, 2.75) is 0 Å². The lowest BCUT2D eigenvalue weighted by molar-refractivity contribution is 0.631. The second kappa shape index (κ2) is 8.00. The molecular formula is C34H22O. The Morgan fingerprint density at radius 2 is 1.06 bits per heavy atom. The highest BCUT2D eigenvalue weighted by molar-refractivity contribution is 6.21. The maximum Gasteiger partial charge on any atom is 0.135 e. The number of furan rings is 1. The summed E-state index contributed by atoms with van der Waals surface area (Å²) in [5.41, 5.74) is 0.981. The van der Waals surface area contributed by atoms with Crippen LogP contribution in [0.3, 0.4) is 0 Å². The van der Waals surface area contributed by atoms with E-state index < -0.39 is 84.1 Å². The van der Waals surface area contributed by atoms with E-state index in [0.29, 0.717) is 22.3 Å². The predicted octanol–water partition coefficient (Wildman–Crippen LogP) is 9.74. The van der Waals surface area contributed by atoms with Crippen LogP contribution in [-0.4, -0.2) is 0 Å². The molecule has 0 N–H and O–H groups in total. The van der Waals surface area contributed by atoms with Gasteiger partial charge in [0.25, 0.3) is 0 Å². The number of hydrogen-bond donors (Lipinski definition) is 0. The van der Waals surface area contributed by atoms with Crippen LogP contribution in [0.5, 0.6) is 0 Å². The van der Waals surface area contributed by atoms with Crippen molar-refractivity contribution < 1.29 is 22.2 Å². The number of fused-ring (bicyclic) bond motifs is 3. The third-order valence-corrected chi connectivity index (χ3v) is 5.99. The zero-order valence-electron chi connectivity index (χ0n) is 31.1. The van der Waals surface area contributed by atoms with Gasteiger partial charge in [-0.25, -0.2) is 0 Å². The zero-order valence-corrected chi connectivity index (χ0v) is 18.1. The predicted molar refractivity (Wildman–Crippen MR) is 148 cm³/mol. The first-order valence-corrected chi connectivity index (χ1v) is 10.9. The first-order valence-electron chi connectivity index (χ1n) is 17.4. The molecule has 0 atom stereocenters. The minimum absolute atomic E-state index is 0.0690. The molecule has 0 unspecified atom stereocenters. The Morgan fingerprint density at radius 1 is 0.486 bits per heavy atom. The van der Waals surface area contributed by atoms with Gasteiger partial charge in [-0.3, -0.25) is 0 Å². The van der Waals surface area contributed by atoms with E-state index in [4.69, 9.17) is 22.2 Å². The molecule has 0 fully saturated rings. The van der Waals surface area contributed by atoms with Crippen molar-refractivity contribution in [3.63, 3.8) is 0 Å². The fraction of sp³-hybridized carbons (Fsp3) is 0. The fourth-order valence-corrected chi connectivity index (χ4v) is 4.48. The van der Waals surface area contributed by atoms with E-state index >= 15 is 0 Å². The summed E-state index contributed by atoms with van der Waals surface area (Å²) in [4.78, 5) is 0. The van der Waals surface area contributed by atoms with E-state index in [1.54, 1.807) is 24.3 Å². The van der Waals surface area contributed by atoms with E-state index in [9.17, 15) is 0 Å². The van der Waals surface area contributed by atoms with Crippen molar-refractivity contribution in [1.29, 1.82) is 0 Å². The lowest BCUT2D eigenvalue weighted by Crippen LogP contribution is -1.90. The Kier molecular flexibility index (Phi) is 2.46. The van der Waals surface area contributed by atoms with E-state index in [-0.39, 0.29) is 32.7 Å². The molecule has 0 aliphatic heterocycles. The molecule has 1 nitrogen and oxygen atoms in total. The minimum atomic E-state index is -0.710. The summed E-state index contributed by atoms with van der Waals surface area (Å²) < 4.78 is 119. The third-order valence-electron chi connectivity index (χ3n) is 5.99. The van der Waals surface area contributed by atoms with Gasteiger partial charge in [0.15, 0.2) is 0 Å². The maximum atomic E-state index is 9.08. The molecule has 0 aliphatic carbocycles. The van der Waals surface area contributed by atoms with Gasteiger partial charge >= 0.3 is 0 Å². The molecule has 0 saturated heterocycles. The molecule has 1 aromatic heterocycles. The third kappa shape index (κ3) is 3.25. The Balaban J connectivity index is 1.76. The quantitative estimate of drug-likeness (QED) is 0.240. The van der Waals surface area contributed by atoms with E-state index in [0.717, 1.165) is 5.56 Å². The van der Waals surface area contributed by atoms with Gasteiger partial charge in [0.05, 0.1) is 17.8 Å². The normalized spacial score (nSPS) is 16.6. The summed E-state index contributed by atoms with van der Waals surface area (Å²) >= 11 is 0. The molecule has 164 valence electrons. The van der Waals surface area contributed by atoms with Crippen LogP contribution in [0.2, 0.25) is 0 Å². The second-order valence-corrected chi connectivity index (χ2v) is 7.98. The molecule has 6 aromatic carbocycles. The molecule has 35 heavy (non-hydrogen) atoms. The average Bonchev–Trinajstić information content (AvgIpc) is 3.53. The topological polar surface area (TPSA) is 13.1 Å². The fourth-order valence-electron chi connectivity index (χ4n) is 4.48. The molecule has 0 spiro atoms. The van der Waals surface area contributed by atoms with Crippen molar-refractivity contribution in [2.75, 3.05) is 0 Å². The summed E-state index contributed by atoms with van der Waals surface area (Å²) in [7, 11) is 0. The number of hydrogen-bond acceptors (Lipinski definition) is 1. The molecular weight excluding hydrogens is 424 g/mol. The van der Waals surface area contributed by atoms with Crippen LogP contribution in [0.4, 0.5) is 0 Å². The van der Waals surface area contributed by atoms with Crippen LogP contribution < -0.4 is 0 Å². The van der Waals surface area contributed by atoms with Gasteiger partial charge in [0, 0.05) is 10.9 Å². The van der Waals surface area contributed by atoms with Crippen molar-refractivity contribution in [1.82, 2.24) is 0 Å². The highest BCUT2D eigenvalue weighted by Gasteiger charge is 2.17. The Labute approximate surface area is 222 Å². The first-order chi connectivity index (χ1) is 22.8. The van der Waals surface area contributed by atoms with Gasteiger partial charge in [-0.2, -0.15) is 0 Å².